The third kappa shape index (κ3) is 4.35. The maximum atomic E-state index is 12.2. The van der Waals surface area contributed by atoms with Crippen molar-refractivity contribution >= 4 is 11.7 Å². The number of aromatic nitrogens is 4. The molecule has 0 saturated carbocycles. The van der Waals surface area contributed by atoms with Gasteiger partial charge in [0.2, 0.25) is 5.91 Å². The van der Waals surface area contributed by atoms with Gasteiger partial charge < -0.3 is 5.32 Å². The van der Waals surface area contributed by atoms with Crippen LogP contribution >= 0.6 is 0 Å². The fraction of sp³-hybridized carbons (Fsp3) is 0.316. The Morgan fingerprint density at radius 3 is 2.64 bits per heavy atom. The molecule has 0 unspecified atom stereocenters. The molecule has 0 fully saturated rings. The highest BCUT2D eigenvalue weighted by molar-refractivity contribution is 5.91. The van der Waals surface area contributed by atoms with Crippen molar-refractivity contribution in [1.29, 1.82) is 0 Å². The second-order valence-corrected chi connectivity index (χ2v) is 6.47. The second-order valence-electron chi connectivity index (χ2n) is 6.47. The van der Waals surface area contributed by atoms with E-state index in [-0.39, 0.29) is 18.4 Å². The Balaban J connectivity index is 1.59. The minimum atomic E-state index is -0.0901. The van der Waals surface area contributed by atoms with Gasteiger partial charge in [-0.05, 0) is 31.9 Å². The Hall–Kier alpha value is -2.89. The monoisotopic (exact) mass is 337 g/mol. The Morgan fingerprint density at radius 1 is 1.20 bits per heavy atom. The van der Waals surface area contributed by atoms with Gasteiger partial charge in [-0.25, -0.2) is 0 Å². The Kier molecular flexibility index (Phi) is 4.97. The van der Waals surface area contributed by atoms with Crippen LogP contribution in [0.15, 0.2) is 48.8 Å². The van der Waals surface area contributed by atoms with Gasteiger partial charge in [0.15, 0.2) is 5.82 Å². The minimum Gasteiger partial charge on any atom is -0.309 e. The van der Waals surface area contributed by atoms with Crippen LogP contribution < -0.4 is 5.32 Å². The largest absolute Gasteiger partial charge is 0.309 e. The fourth-order valence-corrected chi connectivity index (χ4v) is 2.80. The van der Waals surface area contributed by atoms with Crippen LogP contribution in [0.2, 0.25) is 0 Å². The predicted octanol–water partition coefficient (Wildman–Crippen LogP) is 3.20. The van der Waals surface area contributed by atoms with Crippen molar-refractivity contribution in [2.45, 2.75) is 39.8 Å². The van der Waals surface area contributed by atoms with E-state index in [4.69, 9.17) is 0 Å². The molecule has 0 spiro atoms. The number of benzene rings is 1. The van der Waals surface area contributed by atoms with Gasteiger partial charge in [-0.15, -0.1) is 0 Å². The van der Waals surface area contributed by atoms with Crippen molar-refractivity contribution in [2.24, 2.45) is 0 Å². The van der Waals surface area contributed by atoms with E-state index in [0.29, 0.717) is 12.4 Å². The van der Waals surface area contributed by atoms with Crippen LogP contribution in [0.3, 0.4) is 0 Å². The van der Waals surface area contributed by atoms with Crippen LogP contribution in [0.5, 0.6) is 0 Å². The lowest BCUT2D eigenvalue weighted by Crippen LogP contribution is -2.15. The SMILES string of the molecule is Cc1cc(NC(=O)Cc2cnn(Cc3ccccc3)c2)nn1C(C)C. The molecule has 0 bridgehead atoms. The van der Waals surface area contributed by atoms with Gasteiger partial charge >= 0.3 is 0 Å². The summed E-state index contributed by atoms with van der Waals surface area (Å²) in [4.78, 5) is 12.2. The average Bonchev–Trinajstić information content (AvgIpc) is 3.14. The summed E-state index contributed by atoms with van der Waals surface area (Å²) in [5.41, 5.74) is 3.09. The molecule has 6 heteroatoms. The summed E-state index contributed by atoms with van der Waals surface area (Å²) in [6.45, 7) is 6.80. The number of anilines is 1. The topological polar surface area (TPSA) is 64.7 Å². The zero-order valence-electron chi connectivity index (χ0n) is 14.8. The number of hydrogen-bond acceptors (Lipinski definition) is 3. The van der Waals surface area contributed by atoms with Crippen LogP contribution in [-0.2, 0) is 17.8 Å². The Bertz CT molecular complexity index is 848. The number of carbonyl (C=O) groups is 1. The first-order chi connectivity index (χ1) is 12.0. The molecule has 25 heavy (non-hydrogen) atoms. The lowest BCUT2D eigenvalue weighted by atomic mass is 10.2. The van der Waals surface area contributed by atoms with Crippen molar-refractivity contribution in [3.63, 3.8) is 0 Å². The van der Waals surface area contributed by atoms with E-state index in [1.807, 2.05) is 46.7 Å². The van der Waals surface area contributed by atoms with Gasteiger partial charge in [-0.2, -0.15) is 10.2 Å². The summed E-state index contributed by atoms with van der Waals surface area (Å²) < 4.78 is 3.74. The number of aryl methyl sites for hydroxylation is 1. The molecular weight excluding hydrogens is 314 g/mol. The molecule has 0 aliphatic heterocycles. The third-order valence-electron chi connectivity index (χ3n) is 3.92. The normalized spacial score (nSPS) is 11.0. The molecule has 130 valence electrons. The minimum absolute atomic E-state index is 0.0901. The lowest BCUT2D eigenvalue weighted by molar-refractivity contribution is -0.115. The summed E-state index contributed by atoms with van der Waals surface area (Å²) >= 11 is 0. The third-order valence-corrected chi connectivity index (χ3v) is 3.92. The molecule has 3 rings (SSSR count). The first-order valence-electron chi connectivity index (χ1n) is 8.42. The molecule has 0 aliphatic rings. The van der Waals surface area contributed by atoms with Crippen molar-refractivity contribution < 1.29 is 4.79 Å². The van der Waals surface area contributed by atoms with Gasteiger partial charge in [0.05, 0.1) is 19.2 Å². The number of rotatable bonds is 6. The van der Waals surface area contributed by atoms with Crippen molar-refractivity contribution in [2.75, 3.05) is 5.32 Å². The fourth-order valence-electron chi connectivity index (χ4n) is 2.80. The quantitative estimate of drug-likeness (QED) is 0.751. The molecular formula is C19H23N5O. The highest BCUT2D eigenvalue weighted by Gasteiger charge is 2.11. The average molecular weight is 337 g/mol. The summed E-state index contributed by atoms with van der Waals surface area (Å²) in [6, 6.07) is 12.3. The highest BCUT2D eigenvalue weighted by atomic mass is 16.1. The number of hydrogen-bond donors (Lipinski definition) is 1. The molecule has 0 radical (unpaired) electrons. The standard InChI is InChI=1S/C19H23N5O/c1-14(2)24-15(3)9-18(22-24)21-19(25)10-17-11-20-23(13-17)12-16-7-5-4-6-8-16/h4-9,11,13-14H,10,12H2,1-3H3,(H,21,22,25). The molecule has 0 saturated heterocycles. The summed E-state index contributed by atoms with van der Waals surface area (Å²) in [5, 5.41) is 11.6. The maximum absolute atomic E-state index is 12.2. The second kappa shape index (κ2) is 7.34. The van der Waals surface area contributed by atoms with E-state index in [1.54, 1.807) is 6.20 Å². The zero-order chi connectivity index (χ0) is 17.8. The van der Waals surface area contributed by atoms with Gasteiger partial charge in [-0.1, -0.05) is 30.3 Å². The van der Waals surface area contributed by atoms with E-state index in [0.717, 1.165) is 11.3 Å². The highest BCUT2D eigenvalue weighted by Crippen LogP contribution is 2.14. The molecule has 2 heterocycles. The van der Waals surface area contributed by atoms with Crippen LogP contribution in [0.1, 0.15) is 36.7 Å². The van der Waals surface area contributed by atoms with Crippen molar-refractivity contribution in [3.05, 3.63) is 65.6 Å². The molecule has 1 amide bonds. The molecule has 3 aromatic rings. The van der Waals surface area contributed by atoms with E-state index < -0.39 is 0 Å². The molecule has 2 aromatic heterocycles. The predicted molar refractivity (Wildman–Crippen MR) is 97.5 cm³/mol. The van der Waals surface area contributed by atoms with E-state index in [1.165, 1.54) is 5.56 Å². The van der Waals surface area contributed by atoms with Crippen molar-refractivity contribution in [1.82, 2.24) is 19.6 Å². The van der Waals surface area contributed by atoms with E-state index in [2.05, 4.69) is 41.5 Å². The first-order valence-corrected chi connectivity index (χ1v) is 8.42. The van der Waals surface area contributed by atoms with Crippen LogP contribution in [0.4, 0.5) is 5.82 Å². The molecule has 0 aliphatic carbocycles. The molecule has 1 N–H and O–H groups in total. The summed E-state index contributed by atoms with van der Waals surface area (Å²) in [5.74, 6) is 0.501. The van der Waals surface area contributed by atoms with Gasteiger partial charge in [0.25, 0.3) is 0 Å². The van der Waals surface area contributed by atoms with E-state index in [9.17, 15) is 4.79 Å². The molecule has 6 nitrogen and oxygen atoms in total. The molecule has 1 aromatic carbocycles. The summed E-state index contributed by atoms with van der Waals surface area (Å²) in [6.07, 6.45) is 3.92. The number of nitrogens with one attached hydrogen (secondary N) is 1. The van der Waals surface area contributed by atoms with Crippen LogP contribution in [0.25, 0.3) is 0 Å². The Labute approximate surface area is 147 Å². The lowest BCUT2D eigenvalue weighted by Gasteiger charge is -2.07. The molecule has 0 atom stereocenters. The number of carbonyl (C=O) groups excluding carboxylic acids is 1. The van der Waals surface area contributed by atoms with Gasteiger partial charge in [-0.3, -0.25) is 14.2 Å². The maximum Gasteiger partial charge on any atom is 0.230 e. The van der Waals surface area contributed by atoms with E-state index >= 15 is 0 Å². The number of nitrogens with zero attached hydrogens (tertiary/aromatic N) is 4. The van der Waals surface area contributed by atoms with Crippen molar-refractivity contribution in [3.8, 4) is 0 Å². The summed E-state index contributed by atoms with van der Waals surface area (Å²) in [7, 11) is 0. The first kappa shape index (κ1) is 17.0. The Morgan fingerprint density at radius 2 is 1.96 bits per heavy atom. The smallest absolute Gasteiger partial charge is 0.230 e. The number of amides is 1. The van der Waals surface area contributed by atoms with Gasteiger partial charge in [0, 0.05) is 24.0 Å². The van der Waals surface area contributed by atoms with Crippen LogP contribution in [-0.4, -0.2) is 25.5 Å². The van der Waals surface area contributed by atoms with Crippen LogP contribution in [0, 0.1) is 6.92 Å². The zero-order valence-corrected chi connectivity index (χ0v) is 14.8. The van der Waals surface area contributed by atoms with Gasteiger partial charge in [0.1, 0.15) is 0 Å².